The molecule has 170 valence electrons. The van der Waals surface area contributed by atoms with Crippen molar-refractivity contribution in [2.75, 3.05) is 14.2 Å². The third kappa shape index (κ3) is 5.03. The van der Waals surface area contributed by atoms with E-state index >= 15 is 0 Å². The van der Waals surface area contributed by atoms with Crippen LogP contribution >= 0.6 is 11.6 Å². The maximum Gasteiger partial charge on any atom is 0.358 e. The molecule has 1 unspecified atom stereocenters. The van der Waals surface area contributed by atoms with E-state index in [0.29, 0.717) is 0 Å². The maximum absolute atomic E-state index is 14.9. The van der Waals surface area contributed by atoms with Gasteiger partial charge in [-0.2, -0.15) is 8.42 Å². The molecule has 2 aromatic carbocycles. The van der Waals surface area contributed by atoms with E-state index in [9.17, 15) is 17.6 Å². The smallest absolute Gasteiger partial charge is 0.358 e. The maximum atomic E-state index is 14.9. The lowest BCUT2D eigenvalue weighted by atomic mass is 9.96. The number of carbonyl (C=O) groups excluding carboxylic acids is 1. The Balaban J connectivity index is 1.95. The van der Waals surface area contributed by atoms with Crippen molar-refractivity contribution in [2.24, 2.45) is 5.16 Å². The number of carbonyl (C=O) groups is 1. The first-order valence-electron chi connectivity index (χ1n) is 9.32. The van der Waals surface area contributed by atoms with Crippen molar-refractivity contribution >= 4 is 33.4 Å². The lowest BCUT2D eigenvalue weighted by molar-refractivity contribution is -0.136. The van der Waals surface area contributed by atoms with Crippen molar-refractivity contribution in [2.45, 2.75) is 24.3 Å². The molecule has 11 heteroatoms. The van der Waals surface area contributed by atoms with E-state index in [1.165, 1.54) is 44.6 Å². The summed E-state index contributed by atoms with van der Waals surface area (Å²) in [5.41, 5.74) is 1.04. The number of allylic oxidation sites excluding steroid dienone is 1. The lowest BCUT2D eigenvalue weighted by Crippen LogP contribution is -2.33. The van der Waals surface area contributed by atoms with Gasteiger partial charge in [-0.15, -0.1) is 0 Å². The van der Waals surface area contributed by atoms with Crippen LogP contribution in [-0.2, 0) is 23.9 Å². The fraction of sp³-hybridized carbons (Fsp3) is 0.238. The van der Waals surface area contributed by atoms with Crippen LogP contribution in [0.5, 0.6) is 5.75 Å². The molecule has 0 amide bonds. The molecule has 0 aliphatic carbocycles. The summed E-state index contributed by atoms with van der Waals surface area (Å²) in [4.78, 5) is 12.0. The Morgan fingerprint density at radius 3 is 2.50 bits per heavy atom. The van der Waals surface area contributed by atoms with Crippen LogP contribution in [0.3, 0.4) is 0 Å². The number of ether oxygens (including phenoxy) is 2. The molecule has 2 aromatic rings. The molecule has 0 fully saturated rings. The Kier molecular flexibility index (Phi) is 7.05. The molecule has 3 rings (SSSR count). The Labute approximate surface area is 189 Å². The zero-order valence-corrected chi connectivity index (χ0v) is 19.0. The second-order valence-corrected chi connectivity index (χ2v) is 8.79. The van der Waals surface area contributed by atoms with Gasteiger partial charge in [0.2, 0.25) is 0 Å². The van der Waals surface area contributed by atoms with Gasteiger partial charge in [-0.1, -0.05) is 40.5 Å². The van der Waals surface area contributed by atoms with Gasteiger partial charge >= 0.3 is 16.1 Å². The number of nitrogens with zero attached hydrogens (tertiary/aromatic N) is 1. The van der Waals surface area contributed by atoms with Gasteiger partial charge in [-0.05, 0) is 31.2 Å². The van der Waals surface area contributed by atoms with Crippen LogP contribution in [0.25, 0.3) is 0 Å². The number of hydrogen-bond acceptors (Lipinski definition) is 8. The first-order valence-corrected chi connectivity index (χ1v) is 11.1. The number of benzene rings is 2. The summed E-state index contributed by atoms with van der Waals surface area (Å²) in [5, 5.41) is 6.65. The summed E-state index contributed by atoms with van der Waals surface area (Å²) in [5.74, 6) is -1.63. The van der Waals surface area contributed by atoms with E-state index in [1.807, 2.05) is 6.92 Å². The Hall–Kier alpha value is -3.11. The highest BCUT2D eigenvalue weighted by molar-refractivity contribution is 7.86. The summed E-state index contributed by atoms with van der Waals surface area (Å²) in [6.07, 6.45) is 1.28. The zero-order valence-electron chi connectivity index (χ0n) is 17.4. The number of hydrogen-bond donors (Lipinski definition) is 1. The molecule has 1 atom stereocenters. The number of rotatable bonds is 6. The van der Waals surface area contributed by atoms with Crippen LogP contribution in [0, 0.1) is 12.7 Å². The monoisotopic (exact) mass is 482 g/mol. The Bertz CT molecular complexity index is 1200. The van der Waals surface area contributed by atoms with Crippen molar-refractivity contribution in [3.05, 3.63) is 70.1 Å². The highest BCUT2D eigenvalue weighted by atomic mass is 35.5. The molecular weight excluding hydrogens is 463 g/mol. The summed E-state index contributed by atoms with van der Waals surface area (Å²) in [6.45, 7) is 1.82. The first-order chi connectivity index (χ1) is 15.2. The minimum atomic E-state index is -4.19. The van der Waals surface area contributed by atoms with Gasteiger partial charge in [0.1, 0.15) is 10.6 Å². The third-order valence-electron chi connectivity index (χ3n) is 4.68. The summed E-state index contributed by atoms with van der Waals surface area (Å²) in [6, 6.07) is 8.10. The van der Waals surface area contributed by atoms with E-state index in [2.05, 4.69) is 10.5 Å². The highest BCUT2D eigenvalue weighted by Gasteiger charge is 2.29. The summed E-state index contributed by atoms with van der Waals surface area (Å²) in [7, 11) is -1.74. The fourth-order valence-electron chi connectivity index (χ4n) is 3.04. The summed E-state index contributed by atoms with van der Waals surface area (Å²) >= 11 is 5.96. The van der Waals surface area contributed by atoms with Crippen molar-refractivity contribution in [1.29, 1.82) is 0 Å². The average Bonchev–Trinajstić information content (AvgIpc) is 2.77. The largest absolute Gasteiger partial charge is 0.492 e. The Morgan fingerprint density at radius 1 is 1.19 bits per heavy atom. The SMILES string of the molecule is COC(=O)C1=CC(=NOS(=O)(=O)c2ccc(C)cc2)CC(c2ccc(Cl)c(OC)c2F)N1. The van der Waals surface area contributed by atoms with E-state index < -0.39 is 27.9 Å². The van der Waals surface area contributed by atoms with Gasteiger partial charge in [0.05, 0.1) is 31.0 Å². The molecule has 0 bridgehead atoms. The second-order valence-electron chi connectivity index (χ2n) is 6.86. The quantitative estimate of drug-likeness (QED) is 0.495. The third-order valence-corrected chi connectivity index (χ3v) is 6.10. The van der Waals surface area contributed by atoms with Crippen LogP contribution < -0.4 is 10.1 Å². The van der Waals surface area contributed by atoms with Crippen molar-refractivity contribution in [3.8, 4) is 5.75 Å². The van der Waals surface area contributed by atoms with E-state index in [0.717, 1.165) is 5.56 Å². The van der Waals surface area contributed by atoms with Crippen LogP contribution in [0.2, 0.25) is 5.02 Å². The first kappa shape index (κ1) is 23.6. The highest BCUT2D eigenvalue weighted by Crippen LogP contribution is 2.35. The lowest BCUT2D eigenvalue weighted by Gasteiger charge is -2.26. The number of methoxy groups -OCH3 is 2. The van der Waals surface area contributed by atoms with Crippen LogP contribution in [-0.4, -0.2) is 34.3 Å². The standard InChI is InChI=1S/C21H20ClFN2O6S/c1-12-4-6-14(7-5-12)32(27,28)31-25-13-10-17(24-18(11-13)21(26)30-3)15-8-9-16(22)20(29-2)19(15)23/h4-9,11,17,24H,10H2,1-3H3. The molecule has 1 N–H and O–H groups in total. The minimum Gasteiger partial charge on any atom is -0.492 e. The predicted molar refractivity (Wildman–Crippen MR) is 115 cm³/mol. The van der Waals surface area contributed by atoms with Gasteiger partial charge in [-0.3, -0.25) is 4.28 Å². The molecule has 1 heterocycles. The van der Waals surface area contributed by atoms with Crippen LogP contribution in [0.4, 0.5) is 4.39 Å². The van der Waals surface area contributed by atoms with Crippen molar-refractivity contribution in [3.63, 3.8) is 0 Å². The van der Waals surface area contributed by atoms with Gasteiger partial charge in [0, 0.05) is 12.0 Å². The molecule has 1 aliphatic heterocycles. The van der Waals surface area contributed by atoms with Crippen LogP contribution in [0.15, 0.2) is 58.2 Å². The summed E-state index contributed by atoms with van der Waals surface area (Å²) < 4.78 is 54.4. The normalized spacial score (nSPS) is 17.3. The predicted octanol–water partition coefficient (Wildman–Crippen LogP) is 3.65. The molecule has 0 radical (unpaired) electrons. The number of oxime groups is 1. The number of aryl methyl sites for hydroxylation is 1. The molecule has 0 aromatic heterocycles. The number of halogens is 2. The Morgan fingerprint density at radius 2 is 1.88 bits per heavy atom. The molecule has 1 aliphatic rings. The van der Waals surface area contributed by atoms with Crippen LogP contribution in [0.1, 0.15) is 23.6 Å². The molecule has 0 spiro atoms. The van der Waals surface area contributed by atoms with Gasteiger partial charge in [0.15, 0.2) is 11.6 Å². The number of nitrogens with one attached hydrogen (secondary N) is 1. The van der Waals surface area contributed by atoms with E-state index in [1.54, 1.807) is 12.1 Å². The molecule has 0 saturated heterocycles. The van der Waals surface area contributed by atoms with E-state index in [-0.39, 0.29) is 39.1 Å². The van der Waals surface area contributed by atoms with Crippen molar-refractivity contribution in [1.82, 2.24) is 5.32 Å². The molecule has 0 saturated carbocycles. The van der Waals surface area contributed by atoms with Gasteiger partial charge in [0.25, 0.3) is 0 Å². The molecule has 32 heavy (non-hydrogen) atoms. The molecular formula is C21H20ClFN2O6S. The number of esters is 1. The zero-order chi connectivity index (χ0) is 23.5. The van der Waals surface area contributed by atoms with Gasteiger partial charge < -0.3 is 14.8 Å². The van der Waals surface area contributed by atoms with Crippen molar-refractivity contribution < 1.29 is 31.4 Å². The topological polar surface area (TPSA) is 103 Å². The van der Waals surface area contributed by atoms with Gasteiger partial charge in [-0.25, -0.2) is 9.18 Å². The second kappa shape index (κ2) is 9.58. The average molecular weight is 483 g/mol. The molecule has 8 nitrogen and oxygen atoms in total. The van der Waals surface area contributed by atoms with E-state index in [4.69, 9.17) is 25.4 Å². The minimum absolute atomic E-state index is 0.00557. The fourth-order valence-corrected chi connectivity index (χ4v) is 4.02.